The number of thiocarbonyl (C=S) groups is 1. The van der Waals surface area contributed by atoms with Crippen LogP contribution in [0, 0.1) is 0 Å². The number of nitrogens with zero attached hydrogens (tertiary/aromatic N) is 1. The molecule has 1 aliphatic rings. The van der Waals surface area contributed by atoms with Crippen molar-refractivity contribution in [3.8, 4) is 0 Å². The first-order valence-electron chi connectivity index (χ1n) is 4.21. The maximum atomic E-state index is 4.93. The molecule has 0 spiro atoms. The number of dihydropyridines is 1. The zero-order valence-electron chi connectivity index (χ0n) is 8.15. The van der Waals surface area contributed by atoms with E-state index in [2.05, 4.69) is 15.8 Å². The predicted molar refractivity (Wildman–Crippen MR) is 67.6 cm³/mol. The first-order chi connectivity index (χ1) is 6.72. The zero-order valence-corrected chi connectivity index (χ0v) is 9.78. The molecule has 76 valence electrons. The van der Waals surface area contributed by atoms with Crippen molar-refractivity contribution < 1.29 is 0 Å². The Morgan fingerprint density at radius 1 is 1.79 bits per heavy atom. The number of thioether (sulfide) groups is 1. The summed E-state index contributed by atoms with van der Waals surface area (Å²) in [4.78, 5) is 0. The van der Waals surface area contributed by atoms with Crippen molar-refractivity contribution in [2.45, 2.75) is 13.0 Å². The monoisotopic (exact) mass is 227 g/mol. The van der Waals surface area contributed by atoms with Gasteiger partial charge in [0.2, 0.25) is 0 Å². The summed E-state index contributed by atoms with van der Waals surface area (Å²) in [5.41, 5.74) is 3.90. The maximum absolute atomic E-state index is 4.93. The van der Waals surface area contributed by atoms with Gasteiger partial charge in [0, 0.05) is 5.70 Å². The fraction of sp³-hybridized carbons (Fsp3) is 0.333. The number of rotatable bonds is 2. The molecular weight excluding hydrogens is 214 g/mol. The molecule has 0 radical (unpaired) electrons. The lowest BCUT2D eigenvalue weighted by Gasteiger charge is -2.14. The molecule has 0 saturated carbocycles. The summed E-state index contributed by atoms with van der Waals surface area (Å²) in [5.74, 6) is 0. The summed E-state index contributed by atoms with van der Waals surface area (Å²) in [6.07, 6.45) is 9.76. The molecule has 3 nitrogen and oxygen atoms in total. The van der Waals surface area contributed by atoms with E-state index in [9.17, 15) is 0 Å². The molecule has 1 aliphatic heterocycles. The first-order valence-corrected chi connectivity index (χ1v) is 5.84. The molecular formula is C9H13N3S2. The van der Waals surface area contributed by atoms with Gasteiger partial charge >= 0.3 is 0 Å². The molecule has 14 heavy (non-hydrogen) atoms. The molecule has 1 heterocycles. The number of hydrazone groups is 1. The summed E-state index contributed by atoms with van der Waals surface area (Å²) in [6, 6.07) is 0.150. The SMILES string of the molecule is CSC(=S)NN=CC1C=CC=C(C)N1. The van der Waals surface area contributed by atoms with E-state index in [4.69, 9.17) is 12.2 Å². The van der Waals surface area contributed by atoms with Crippen LogP contribution >= 0.6 is 24.0 Å². The number of hydrogen-bond donors (Lipinski definition) is 2. The lowest BCUT2D eigenvalue weighted by molar-refractivity contribution is 0.810. The van der Waals surface area contributed by atoms with Crippen molar-refractivity contribution >= 4 is 34.5 Å². The van der Waals surface area contributed by atoms with Crippen LogP contribution in [0.5, 0.6) is 0 Å². The van der Waals surface area contributed by atoms with Crippen LogP contribution in [-0.4, -0.2) is 22.8 Å². The Kier molecular flexibility index (Phi) is 4.69. The van der Waals surface area contributed by atoms with E-state index in [-0.39, 0.29) is 6.04 Å². The molecule has 1 atom stereocenters. The van der Waals surface area contributed by atoms with E-state index in [1.807, 2.05) is 31.4 Å². The van der Waals surface area contributed by atoms with Crippen LogP contribution < -0.4 is 10.7 Å². The summed E-state index contributed by atoms with van der Waals surface area (Å²) in [6.45, 7) is 2.02. The van der Waals surface area contributed by atoms with Crippen molar-refractivity contribution in [3.05, 3.63) is 23.9 Å². The van der Waals surface area contributed by atoms with Crippen molar-refractivity contribution in [1.29, 1.82) is 0 Å². The Labute approximate surface area is 93.7 Å². The van der Waals surface area contributed by atoms with Gasteiger partial charge in [0.05, 0.1) is 12.3 Å². The van der Waals surface area contributed by atoms with Crippen LogP contribution in [0.4, 0.5) is 0 Å². The lowest BCUT2D eigenvalue weighted by Crippen LogP contribution is -2.29. The smallest absolute Gasteiger partial charge is 0.153 e. The van der Waals surface area contributed by atoms with Gasteiger partial charge in [-0.05, 0) is 19.3 Å². The second-order valence-corrected chi connectivity index (χ2v) is 4.27. The van der Waals surface area contributed by atoms with Crippen LogP contribution in [0.1, 0.15) is 6.92 Å². The molecule has 2 N–H and O–H groups in total. The van der Waals surface area contributed by atoms with E-state index in [1.165, 1.54) is 11.8 Å². The molecule has 1 unspecified atom stereocenters. The van der Waals surface area contributed by atoms with Crippen LogP contribution in [0.2, 0.25) is 0 Å². The predicted octanol–water partition coefficient (Wildman–Crippen LogP) is 1.64. The topological polar surface area (TPSA) is 36.4 Å². The Bertz CT molecular complexity index is 294. The molecule has 0 amide bonds. The van der Waals surface area contributed by atoms with Crippen LogP contribution in [0.15, 0.2) is 29.0 Å². The van der Waals surface area contributed by atoms with Crippen molar-refractivity contribution in [1.82, 2.24) is 10.7 Å². The summed E-state index contributed by atoms with van der Waals surface area (Å²) >= 11 is 6.40. The van der Waals surface area contributed by atoms with Gasteiger partial charge in [-0.15, -0.1) is 0 Å². The standard InChI is InChI=1S/C9H13N3S2/c1-7-4-3-5-8(11-7)6-10-12-9(13)14-2/h3-6,8,11H,1-2H3,(H,12,13). The lowest BCUT2D eigenvalue weighted by atomic mass is 10.2. The third-order valence-electron chi connectivity index (χ3n) is 1.64. The Hall–Kier alpha value is -0.810. The Morgan fingerprint density at radius 3 is 3.21 bits per heavy atom. The fourth-order valence-electron chi connectivity index (χ4n) is 0.982. The second-order valence-electron chi connectivity index (χ2n) is 2.79. The number of allylic oxidation sites excluding steroid dienone is 3. The van der Waals surface area contributed by atoms with Crippen LogP contribution in [-0.2, 0) is 0 Å². The quantitative estimate of drug-likeness (QED) is 0.427. The molecule has 0 aromatic heterocycles. The molecule has 0 saturated heterocycles. The fourth-order valence-corrected chi connectivity index (χ4v) is 1.18. The van der Waals surface area contributed by atoms with Gasteiger partial charge < -0.3 is 5.32 Å². The average Bonchev–Trinajstić information content (AvgIpc) is 2.17. The summed E-state index contributed by atoms with van der Waals surface area (Å²) in [7, 11) is 0. The molecule has 0 fully saturated rings. The summed E-state index contributed by atoms with van der Waals surface area (Å²) < 4.78 is 0.674. The van der Waals surface area contributed by atoms with Gasteiger partial charge in [-0.1, -0.05) is 36.1 Å². The van der Waals surface area contributed by atoms with E-state index < -0.39 is 0 Å². The molecule has 0 aromatic carbocycles. The zero-order chi connectivity index (χ0) is 10.4. The Balaban J connectivity index is 2.35. The van der Waals surface area contributed by atoms with Crippen molar-refractivity contribution in [2.75, 3.05) is 6.26 Å². The van der Waals surface area contributed by atoms with E-state index in [1.54, 1.807) is 6.21 Å². The third-order valence-corrected chi connectivity index (χ3v) is 2.69. The van der Waals surface area contributed by atoms with Gasteiger partial charge in [0.1, 0.15) is 0 Å². The minimum Gasteiger partial charge on any atom is -0.377 e. The van der Waals surface area contributed by atoms with Crippen molar-refractivity contribution in [2.24, 2.45) is 5.10 Å². The highest BCUT2D eigenvalue weighted by Crippen LogP contribution is 1.99. The molecule has 0 bridgehead atoms. The highest BCUT2D eigenvalue weighted by molar-refractivity contribution is 8.22. The van der Waals surface area contributed by atoms with Gasteiger partial charge in [-0.2, -0.15) is 5.10 Å². The van der Waals surface area contributed by atoms with E-state index in [0.29, 0.717) is 4.32 Å². The van der Waals surface area contributed by atoms with E-state index in [0.717, 1.165) is 5.70 Å². The molecule has 0 aromatic rings. The minimum absolute atomic E-state index is 0.150. The van der Waals surface area contributed by atoms with Gasteiger partial charge in [-0.3, -0.25) is 5.43 Å². The molecule has 5 heteroatoms. The van der Waals surface area contributed by atoms with Gasteiger partial charge in [-0.25, -0.2) is 0 Å². The highest BCUT2D eigenvalue weighted by atomic mass is 32.2. The minimum atomic E-state index is 0.150. The Morgan fingerprint density at radius 2 is 2.57 bits per heavy atom. The maximum Gasteiger partial charge on any atom is 0.153 e. The van der Waals surface area contributed by atoms with Crippen LogP contribution in [0.3, 0.4) is 0 Å². The number of nitrogens with one attached hydrogen (secondary N) is 2. The van der Waals surface area contributed by atoms with Gasteiger partial charge in [0.25, 0.3) is 0 Å². The first kappa shape index (κ1) is 11.3. The number of hydrogen-bond acceptors (Lipinski definition) is 4. The second kappa shape index (κ2) is 5.82. The van der Waals surface area contributed by atoms with Gasteiger partial charge in [0.15, 0.2) is 4.32 Å². The normalized spacial score (nSPS) is 20.4. The van der Waals surface area contributed by atoms with E-state index >= 15 is 0 Å². The average molecular weight is 227 g/mol. The molecule has 0 aliphatic carbocycles. The third kappa shape index (κ3) is 3.93. The van der Waals surface area contributed by atoms with Crippen molar-refractivity contribution in [3.63, 3.8) is 0 Å². The highest BCUT2D eigenvalue weighted by Gasteiger charge is 2.02. The summed E-state index contributed by atoms with van der Waals surface area (Å²) in [5, 5.41) is 7.27. The largest absolute Gasteiger partial charge is 0.377 e. The molecule has 1 rings (SSSR count). The van der Waals surface area contributed by atoms with Crippen LogP contribution in [0.25, 0.3) is 0 Å².